The molecular weight excluding hydrogens is 383 g/mol. The summed E-state index contributed by atoms with van der Waals surface area (Å²) in [5.41, 5.74) is 2.35. The third-order valence-corrected chi connectivity index (χ3v) is 6.02. The van der Waals surface area contributed by atoms with E-state index in [4.69, 9.17) is 4.18 Å². The van der Waals surface area contributed by atoms with E-state index in [9.17, 15) is 17.6 Å². The van der Waals surface area contributed by atoms with Gasteiger partial charge in [-0.3, -0.25) is 8.98 Å². The minimum atomic E-state index is -3.55. The first-order valence-corrected chi connectivity index (χ1v) is 11.5. The van der Waals surface area contributed by atoms with Crippen molar-refractivity contribution in [2.45, 2.75) is 45.6 Å². The van der Waals surface area contributed by atoms with E-state index in [0.717, 1.165) is 30.4 Å². The van der Waals surface area contributed by atoms with Gasteiger partial charge in [0.2, 0.25) is 5.91 Å². The summed E-state index contributed by atoms with van der Waals surface area (Å²) in [5, 5.41) is 0.474. The van der Waals surface area contributed by atoms with Crippen LogP contribution in [0.4, 0.5) is 4.39 Å². The van der Waals surface area contributed by atoms with E-state index < -0.39 is 10.1 Å². The Hall–Kier alpha value is -1.93. The van der Waals surface area contributed by atoms with Crippen molar-refractivity contribution >= 4 is 26.9 Å². The minimum Gasteiger partial charge on any atom is -0.343 e. The molecule has 154 valence electrons. The summed E-state index contributed by atoms with van der Waals surface area (Å²) in [7, 11) is -3.55. The number of fused-ring (bicyclic) bond motifs is 3. The van der Waals surface area contributed by atoms with Crippen LogP contribution in [-0.4, -0.2) is 49.7 Å². The fourth-order valence-electron chi connectivity index (χ4n) is 4.24. The van der Waals surface area contributed by atoms with Crippen LogP contribution in [0.3, 0.4) is 0 Å². The molecule has 2 aromatic rings. The maximum Gasteiger partial charge on any atom is 0.264 e. The van der Waals surface area contributed by atoms with Crippen LogP contribution in [0.25, 0.3) is 10.9 Å². The molecule has 0 bridgehead atoms. The Morgan fingerprint density at radius 3 is 2.68 bits per heavy atom. The first-order valence-electron chi connectivity index (χ1n) is 9.71. The molecule has 1 aliphatic carbocycles. The molecule has 6 nitrogen and oxygen atoms in total. The monoisotopic (exact) mass is 410 g/mol. The Morgan fingerprint density at radius 1 is 1.32 bits per heavy atom. The average molecular weight is 411 g/mol. The Bertz CT molecular complexity index is 980. The quantitative estimate of drug-likeness (QED) is 0.658. The van der Waals surface area contributed by atoms with E-state index in [0.29, 0.717) is 30.4 Å². The Kier molecular flexibility index (Phi) is 6.09. The summed E-state index contributed by atoms with van der Waals surface area (Å²) in [6.07, 6.45) is 3.25. The van der Waals surface area contributed by atoms with Crippen LogP contribution >= 0.6 is 0 Å². The first kappa shape index (κ1) is 20.8. The van der Waals surface area contributed by atoms with Crippen LogP contribution in [0.5, 0.6) is 0 Å². The number of halogens is 1. The van der Waals surface area contributed by atoms with Crippen molar-refractivity contribution in [3.05, 3.63) is 35.3 Å². The van der Waals surface area contributed by atoms with Gasteiger partial charge < -0.3 is 9.47 Å². The molecule has 1 aliphatic rings. The van der Waals surface area contributed by atoms with Crippen LogP contribution in [-0.2, 0) is 32.1 Å². The van der Waals surface area contributed by atoms with Crippen molar-refractivity contribution in [2.75, 3.05) is 26.0 Å². The lowest BCUT2D eigenvalue weighted by atomic mass is 9.84. The number of aromatic nitrogens is 1. The Balaban J connectivity index is 2.10. The highest BCUT2D eigenvalue weighted by Crippen LogP contribution is 2.41. The van der Waals surface area contributed by atoms with Crippen molar-refractivity contribution in [3.63, 3.8) is 0 Å². The highest BCUT2D eigenvalue weighted by Gasteiger charge is 2.34. The number of rotatable bonds is 7. The molecule has 1 aromatic heterocycles. The SMILES string of the molecule is CCN(CC)C(=O)C1CCCc2c1c1c(F)cccc1n2CCOS(C)(=O)=O. The maximum absolute atomic E-state index is 14.8. The first-order chi connectivity index (χ1) is 13.3. The molecule has 8 heteroatoms. The second-order valence-electron chi connectivity index (χ2n) is 7.13. The van der Waals surface area contributed by atoms with Crippen LogP contribution in [0.2, 0.25) is 0 Å². The molecular formula is C20H27FN2O4S. The summed E-state index contributed by atoms with van der Waals surface area (Å²) in [5.74, 6) is -0.698. The van der Waals surface area contributed by atoms with Gasteiger partial charge in [-0.05, 0) is 50.8 Å². The number of carbonyl (C=O) groups is 1. The molecule has 3 rings (SSSR count). The summed E-state index contributed by atoms with van der Waals surface area (Å²) >= 11 is 0. The predicted molar refractivity (Wildman–Crippen MR) is 106 cm³/mol. The zero-order valence-corrected chi connectivity index (χ0v) is 17.4. The van der Waals surface area contributed by atoms with Crippen LogP contribution in [0.15, 0.2) is 18.2 Å². The molecule has 0 saturated carbocycles. The fraction of sp³-hybridized carbons (Fsp3) is 0.550. The summed E-state index contributed by atoms with van der Waals surface area (Å²) in [4.78, 5) is 14.9. The molecule has 0 fully saturated rings. The Labute approximate surface area is 165 Å². The van der Waals surface area contributed by atoms with Crippen molar-refractivity contribution in [1.29, 1.82) is 0 Å². The maximum atomic E-state index is 14.8. The van der Waals surface area contributed by atoms with Crippen molar-refractivity contribution < 1.29 is 21.8 Å². The van der Waals surface area contributed by atoms with Crippen LogP contribution in [0, 0.1) is 5.82 Å². The smallest absolute Gasteiger partial charge is 0.264 e. The van der Waals surface area contributed by atoms with Crippen molar-refractivity contribution in [3.8, 4) is 0 Å². The van der Waals surface area contributed by atoms with Crippen LogP contribution < -0.4 is 0 Å². The normalized spacial score (nSPS) is 16.9. The number of amides is 1. The Morgan fingerprint density at radius 2 is 2.04 bits per heavy atom. The van der Waals surface area contributed by atoms with Gasteiger partial charge in [0.25, 0.3) is 10.1 Å². The molecule has 1 atom stereocenters. The minimum absolute atomic E-state index is 0.0276. The lowest BCUT2D eigenvalue weighted by molar-refractivity contribution is -0.132. The van der Waals surface area contributed by atoms with Gasteiger partial charge >= 0.3 is 0 Å². The summed E-state index contributed by atoms with van der Waals surface area (Å²) in [6.45, 7) is 5.37. The summed E-state index contributed by atoms with van der Waals surface area (Å²) in [6, 6.07) is 4.86. The average Bonchev–Trinajstić information content (AvgIpc) is 2.97. The standard InChI is InChI=1S/C20H27FN2O4S/c1-4-22(5-2)20(24)14-8-6-10-16-18(14)19-15(21)9-7-11-17(19)23(16)12-13-27-28(3,25)26/h7,9,11,14H,4-6,8,10,12-13H2,1-3H3. The topological polar surface area (TPSA) is 68.6 Å². The molecule has 0 aliphatic heterocycles. The molecule has 1 unspecified atom stereocenters. The van der Waals surface area contributed by atoms with E-state index in [1.807, 2.05) is 24.5 Å². The number of carbonyl (C=O) groups excluding carboxylic acids is 1. The second kappa shape index (κ2) is 8.21. The lowest BCUT2D eigenvalue weighted by Crippen LogP contribution is -2.36. The molecule has 0 saturated heterocycles. The van der Waals surface area contributed by atoms with Gasteiger partial charge in [0.15, 0.2) is 0 Å². The van der Waals surface area contributed by atoms with Crippen molar-refractivity contribution in [1.82, 2.24) is 9.47 Å². The molecule has 1 amide bonds. The third kappa shape index (κ3) is 3.93. The lowest BCUT2D eigenvalue weighted by Gasteiger charge is -2.29. The van der Waals surface area contributed by atoms with Gasteiger partial charge in [-0.25, -0.2) is 4.39 Å². The number of benzene rings is 1. The van der Waals surface area contributed by atoms with E-state index in [1.165, 1.54) is 6.07 Å². The van der Waals surface area contributed by atoms with Gasteiger partial charge in [-0.2, -0.15) is 8.42 Å². The van der Waals surface area contributed by atoms with Gasteiger partial charge in [0.05, 0.1) is 24.3 Å². The van der Waals surface area contributed by atoms with Crippen LogP contribution in [0.1, 0.15) is 43.9 Å². The van der Waals surface area contributed by atoms with Gasteiger partial charge in [0.1, 0.15) is 5.82 Å². The third-order valence-electron chi connectivity index (χ3n) is 5.43. The number of hydrogen-bond acceptors (Lipinski definition) is 4. The highest BCUT2D eigenvalue weighted by atomic mass is 32.2. The fourth-order valence-corrected chi connectivity index (χ4v) is 4.62. The number of hydrogen-bond donors (Lipinski definition) is 0. The number of likely N-dealkylation sites (N-methyl/N-ethyl adjacent to an activating group) is 1. The molecule has 1 aromatic carbocycles. The molecule has 28 heavy (non-hydrogen) atoms. The number of nitrogens with zero attached hydrogens (tertiary/aromatic N) is 2. The highest BCUT2D eigenvalue weighted by molar-refractivity contribution is 7.85. The molecule has 0 spiro atoms. The van der Waals surface area contributed by atoms with Gasteiger partial charge in [-0.15, -0.1) is 0 Å². The van der Waals surface area contributed by atoms with Gasteiger partial charge in [0, 0.05) is 30.7 Å². The predicted octanol–water partition coefficient (Wildman–Crippen LogP) is 3.04. The molecule has 1 heterocycles. The van der Waals surface area contributed by atoms with Gasteiger partial charge in [-0.1, -0.05) is 6.07 Å². The summed E-state index contributed by atoms with van der Waals surface area (Å²) < 4.78 is 44.3. The van der Waals surface area contributed by atoms with E-state index in [2.05, 4.69) is 0 Å². The second-order valence-corrected chi connectivity index (χ2v) is 8.77. The zero-order valence-electron chi connectivity index (χ0n) is 16.6. The molecule has 0 radical (unpaired) electrons. The molecule has 0 N–H and O–H groups in total. The van der Waals surface area contributed by atoms with E-state index in [-0.39, 0.29) is 30.8 Å². The van der Waals surface area contributed by atoms with Crippen molar-refractivity contribution in [2.24, 2.45) is 0 Å². The zero-order chi connectivity index (χ0) is 20.5. The van der Waals surface area contributed by atoms with E-state index >= 15 is 0 Å². The van der Waals surface area contributed by atoms with E-state index in [1.54, 1.807) is 11.0 Å². The largest absolute Gasteiger partial charge is 0.343 e.